The van der Waals surface area contributed by atoms with E-state index in [1.165, 1.54) is 0 Å². The Balaban J connectivity index is 1.89. The molecule has 5 nitrogen and oxygen atoms in total. The molecule has 0 saturated heterocycles. The summed E-state index contributed by atoms with van der Waals surface area (Å²) >= 11 is 0. The minimum Gasteiger partial charge on any atom is -0.343 e. The molecule has 2 amide bonds. The van der Waals surface area contributed by atoms with E-state index in [-0.39, 0.29) is 23.8 Å². The van der Waals surface area contributed by atoms with Crippen LogP contribution in [0.5, 0.6) is 0 Å². The molecule has 2 N–H and O–H groups in total. The highest BCUT2D eigenvalue weighted by Gasteiger charge is 2.14. The molecule has 5 heteroatoms. The molecule has 0 radical (unpaired) electrons. The number of carbonyl (C=O) groups excluding carboxylic acids is 2. The Kier molecular flexibility index (Phi) is 7.97. The molecule has 2 aromatic rings. The van der Waals surface area contributed by atoms with E-state index in [0.717, 1.165) is 36.4 Å². The number of anilines is 1. The van der Waals surface area contributed by atoms with Crippen molar-refractivity contribution in [2.24, 2.45) is 0 Å². The van der Waals surface area contributed by atoms with Gasteiger partial charge < -0.3 is 10.6 Å². The van der Waals surface area contributed by atoms with E-state index in [4.69, 9.17) is 0 Å². The van der Waals surface area contributed by atoms with Gasteiger partial charge >= 0.3 is 0 Å². The maximum absolute atomic E-state index is 12.3. The maximum atomic E-state index is 12.3. The zero-order valence-electron chi connectivity index (χ0n) is 18.2. The van der Waals surface area contributed by atoms with Crippen molar-refractivity contribution in [3.05, 3.63) is 65.2 Å². The summed E-state index contributed by atoms with van der Waals surface area (Å²) in [6, 6.07) is 15.3. The Morgan fingerprint density at radius 1 is 0.966 bits per heavy atom. The van der Waals surface area contributed by atoms with Crippen LogP contribution in [0, 0.1) is 0 Å². The van der Waals surface area contributed by atoms with Crippen molar-refractivity contribution >= 4 is 17.5 Å². The molecule has 29 heavy (non-hydrogen) atoms. The number of hydrogen-bond acceptors (Lipinski definition) is 3. The Morgan fingerprint density at radius 3 is 2.21 bits per heavy atom. The first-order valence-corrected chi connectivity index (χ1v) is 10.2. The van der Waals surface area contributed by atoms with E-state index in [2.05, 4.69) is 56.2 Å². The minimum atomic E-state index is -0.254. The summed E-state index contributed by atoms with van der Waals surface area (Å²) in [7, 11) is 0. The molecule has 2 aromatic carbocycles. The normalized spacial score (nSPS) is 11.4. The summed E-state index contributed by atoms with van der Waals surface area (Å²) in [6.45, 7) is 13.4. The average molecular weight is 396 g/mol. The highest BCUT2D eigenvalue weighted by molar-refractivity contribution is 5.99. The van der Waals surface area contributed by atoms with Crippen LogP contribution in [0.1, 0.15) is 56.1 Å². The van der Waals surface area contributed by atoms with Crippen LogP contribution in [0.15, 0.2) is 48.5 Å². The van der Waals surface area contributed by atoms with Crippen LogP contribution in [-0.4, -0.2) is 36.3 Å². The molecule has 0 unspecified atom stereocenters. The topological polar surface area (TPSA) is 61.4 Å². The van der Waals surface area contributed by atoms with Crippen LogP contribution in [0.2, 0.25) is 0 Å². The predicted molar refractivity (Wildman–Crippen MR) is 119 cm³/mol. The van der Waals surface area contributed by atoms with Gasteiger partial charge in [-0.1, -0.05) is 58.9 Å². The largest absolute Gasteiger partial charge is 0.343 e. The molecule has 156 valence electrons. The molecule has 0 spiro atoms. The van der Waals surface area contributed by atoms with Crippen molar-refractivity contribution < 1.29 is 9.59 Å². The van der Waals surface area contributed by atoms with Crippen LogP contribution in [-0.2, 0) is 16.8 Å². The fraction of sp³-hybridized carbons (Fsp3) is 0.417. The van der Waals surface area contributed by atoms with Gasteiger partial charge in [-0.3, -0.25) is 14.5 Å². The highest BCUT2D eigenvalue weighted by atomic mass is 16.2. The fourth-order valence-corrected chi connectivity index (χ4v) is 3.04. The van der Waals surface area contributed by atoms with E-state index >= 15 is 0 Å². The number of carbonyl (C=O) groups is 2. The summed E-state index contributed by atoms with van der Waals surface area (Å²) in [6.07, 6.45) is 0. The van der Waals surface area contributed by atoms with Crippen LogP contribution in [0.3, 0.4) is 0 Å². The second-order valence-electron chi connectivity index (χ2n) is 8.22. The van der Waals surface area contributed by atoms with Crippen molar-refractivity contribution in [1.82, 2.24) is 10.2 Å². The van der Waals surface area contributed by atoms with Crippen LogP contribution in [0.25, 0.3) is 0 Å². The third-order valence-electron chi connectivity index (χ3n) is 4.93. The Morgan fingerprint density at radius 2 is 1.62 bits per heavy atom. The summed E-state index contributed by atoms with van der Waals surface area (Å²) < 4.78 is 0. The third kappa shape index (κ3) is 7.02. The SMILES string of the molecule is CCN(CC)Cc1cccc(NC(=O)CNC(=O)c2ccc(C(C)(C)C)cc2)c1. The zero-order chi connectivity index (χ0) is 21.4. The van der Waals surface area contributed by atoms with Crippen molar-refractivity contribution in [1.29, 1.82) is 0 Å². The molecule has 0 aliphatic rings. The molecule has 0 saturated carbocycles. The first kappa shape index (κ1) is 22.6. The van der Waals surface area contributed by atoms with Crippen molar-refractivity contribution in [3.8, 4) is 0 Å². The average Bonchev–Trinajstić information content (AvgIpc) is 2.70. The summed E-state index contributed by atoms with van der Waals surface area (Å²) in [4.78, 5) is 26.9. The van der Waals surface area contributed by atoms with Crippen molar-refractivity contribution in [2.45, 2.75) is 46.6 Å². The van der Waals surface area contributed by atoms with Gasteiger partial charge in [-0.25, -0.2) is 0 Å². The van der Waals surface area contributed by atoms with Gasteiger partial charge in [0.1, 0.15) is 0 Å². The van der Waals surface area contributed by atoms with Crippen LogP contribution in [0.4, 0.5) is 5.69 Å². The second kappa shape index (κ2) is 10.2. The van der Waals surface area contributed by atoms with E-state index in [9.17, 15) is 9.59 Å². The first-order valence-electron chi connectivity index (χ1n) is 10.2. The quantitative estimate of drug-likeness (QED) is 0.704. The van der Waals surface area contributed by atoms with Gasteiger partial charge in [-0.2, -0.15) is 0 Å². The lowest BCUT2D eigenvalue weighted by Crippen LogP contribution is -2.33. The molecule has 0 atom stereocenters. The molecule has 0 aliphatic carbocycles. The summed E-state index contributed by atoms with van der Waals surface area (Å²) in [5.41, 5.74) is 3.63. The molecule has 0 heterocycles. The number of rotatable bonds is 8. The number of benzene rings is 2. The van der Waals surface area contributed by atoms with Gasteiger partial charge in [0.05, 0.1) is 6.54 Å². The fourth-order valence-electron chi connectivity index (χ4n) is 3.04. The van der Waals surface area contributed by atoms with Gasteiger partial charge in [-0.15, -0.1) is 0 Å². The molecule has 0 aliphatic heterocycles. The number of nitrogens with zero attached hydrogens (tertiary/aromatic N) is 1. The Labute approximate surface area is 174 Å². The number of hydrogen-bond donors (Lipinski definition) is 2. The zero-order valence-corrected chi connectivity index (χ0v) is 18.2. The second-order valence-corrected chi connectivity index (χ2v) is 8.22. The minimum absolute atomic E-state index is 0.0364. The predicted octanol–water partition coefficient (Wildman–Crippen LogP) is 4.19. The lowest BCUT2D eigenvalue weighted by Gasteiger charge is -2.19. The van der Waals surface area contributed by atoms with Gasteiger partial charge in [0.2, 0.25) is 5.91 Å². The monoisotopic (exact) mass is 395 g/mol. The lowest BCUT2D eigenvalue weighted by molar-refractivity contribution is -0.115. The molecule has 2 rings (SSSR count). The Bertz CT molecular complexity index is 819. The van der Waals surface area contributed by atoms with E-state index in [1.807, 2.05) is 30.3 Å². The van der Waals surface area contributed by atoms with Gasteiger partial charge in [0, 0.05) is 17.8 Å². The van der Waals surface area contributed by atoms with Gasteiger partial charge in [0.15, 0.2) is 0 Å². The van der Waals surface area contributed by atoms with E-state index in [1.54, 1.807) is 12.1 Å². The summed E-state index contributed by atoms with van der Waals surface area (Å²) in [5.74, 6) is -0.499. The lowest BCUT2D eigenvalue weighted by atomic mass is 9.87. The van der Waals surface area contributed by atoms with Gasteiger partial charge in [0.25, 0.3) is 5.91 Å². The Hall–Kier alpha value is -2.66. The van der Waals surface area contributed by atoms with Crippen LogP contribution < -0.4 is 10.6 Å². The first-order chi connectivity index (χ1) is 13.7. The van der Waals surface area contributed by atoms with Crippen LogP contribution >= 0.6 is 0 Å². The number of amides is 2. The molecular weight excluding hydrogens is 362 g/mol. The molecule has 0 aromatic heterocycles. The van der Waals surface area contributed by atoms with E-state index in [0.29, 0.717) is 5.56 Å². The third-order valence-corrected chi connectivity index (χ3v) is 4.93. The van der Waals surface area contributed by atoms with Crippen molar-refractivity contribution in [3.63, 3.8) is 0 Å². The van der Waals surface area contributed by atoms with Crippen molar-refractivity contribution in [2.75, 3.05) is 25.0 Å². The summed E-state index contributed by atoms with van der Waals surface area (Å²) in [5, 5.41) is 5.54. The molecular formula is C24H33N3O2. The molecule has 0 fully saturated rings. The number of nitrogens with one attached hydrogen (secondary N) is 2. The standard InChI is InChI=1S/C24H33N3O2/c1-6-27(7-2)17-18-9-8-10-21(15-18)26-22(28)16-25-23(29)19-11-13-20(14-12-19)24(3,4)5/h8-15H,6-7,16-17H2,1-5H3,(H,25,29)(H,26,28). The van der Waals surface area contributed by atoms with Gasteiger partial charge in [-0.05, 0) is 53.9 Å². The molecule has 0 bridgehead atoms. The smallest absolute Gasteiger partial charge is 0.251 e. The van der Waals surface area contributed by atoms with E-state index < -0.39 is 0 Å². The highest BCUT2D eigenvalue weighted by Crippen LogP contribution is 2.22. The maximum Gasteiger partial charge on any atom is 0.251 e.